The summed E-state index contributed by atoms with van der Waals surface area (Å²) in [7, 11) is 0. The maximum atomic E-state index is 13.6. The molecule has 0 saturated carbocycles. The second-order valence-electron chi connectivity index (χ2n) is 5.96. The van der Waals surface area contributed by atoms with Crippen molar-refractivity contribution in [2.75, 3.05) is 18.0 Å². The molecule has 0 fully saturated rings. The Labute approximate surface area is 97.3 Å². The van der Waals surface area contributed by atoms with E-state index in [1.54, 1.807) is 6.07 Å². The van der Waals surface area contributed by atoms with Crippen molar-refractivity contribution in [3.8, 4) is 0 Å². The maximum Gasteiger partial charge on any atom is 0.128 e. The van der Waals surface area contributed by atoms with Gasteiger partial charge in [0.15, 0.2) is 0 Å². The number of anilines is 1. The third kappa shape index (κ3) is 2.21. The van der Waals surface area contributed by atoms with Crippen molar-refractivity contribution in [2.45, 2.75) is 34.1 Å². The monoisotopic (exact) mass is 221 g/mol. The van der Waals surface area contributed by atoms with E-state index >= 15 is 0 Å². The van der Waals surface area contributed by atoms with Crippen molar-refractivity contribution in [1.29, 1.82) is 0 Å². The second kappa shape index (κ2) is 3.76. The lowest BCUT2D eigenvalue weighted by Gasteiger charge is -2.28. The zero-order chi connectivity index (χ0) is 11.9. The minimum Gasteiger partial charge on any atom is -0.370 e. The minimum atomic E-state index is -0.0837. The van der Waals surface area contributed by atoms with Crippen LogP contribution in [0.3, 0.4) is 0 Å². The molecule has 88 valence electrons. The molecule has 0 N–H and O–H groups in total. The third-order valence-corrected chi connectivity index (χ3v) is 3.02. The highest BCUT2D eigenvalue weighted by Gasteiger charge is 2.24. The molecule has 1 aromatic carbocycles. The third-order valence-electron chi connectivity index (χ3n) is 3.02. The Morgan fingerprint density at radius 1 is 1.31 bits per heavy atom. The van der Waals surface area contributed by atoms with Gasteiger partial charge in [-0.05, 0) is 36.0 Å². The number of halogens is 1. The molecule has 2 heteroatoms. The molecule has 0 amide bonds. The summed E-state index contributed by atoms with van der Waals surface area (Å²) in [6, 6.07) is 3.69. The van der Waals surface area contributed by atoms with Crippen LogP contribution in [-0.2, 0) is 6.42 Å². The minimum absolute atomic E-state index is 0.0837. The molecule has 0 aliphatic carbocycles. The Morgan fingerprint density at radius 2 is 2.00 bits per heavy atom. The van der Waals surface area contributed by atoms with Crippen LogP contribution in [0, 0.1) is 18.2 Å². The molecule has 1 aliphatic heterocycles. The van der Waals surface area contributed by atoms with E-state index in [4.69, 9.17) is 0 Å². The summed E-state index contributed by atoms with van der Waals surface area (Å²) in [5.41, 5.74) is 3.40. The van der Waals surface area contributed by atoms with Crippen LogP contribution < -0.4 is 4.90 Å². The molecule has 1 aliphatic rings. The first kappa shape index (κ1) is 11.4. The first-order valence-corrected chi connectivity index (χ1v) is 5.91. The van der Waals surface area contributed by atoms with Crippen molar-refractivity contribution in [2.24, 2.45) is 5.41 Å². The highest BCUT2D eigenvalue weighted by Crippen LogP contribution is 2.32. The highest BCUT2D eigenvalue weighted by atomic mass is 19.1. The van der Waals surface area contributed by atoms with Gasteiger partial charge in [-0.15, -0.1) is 0 Å². The molecule has 16 heavy (non-hydrogen) atoms. The zero-order valence-electron chi connectivity index (χ0n) is 10.6. The fraction of sp³-hybridized carbons (Fsp3) is 0.571. The Hall–Kier alpha value is -1.05. The van der Waals surface area contributed by atoms with Crippen LogP contribution in [0.5, 0.6) is 0 Å². The van der Waals surface area contributed by atoms with Crippen molar-refractivity contribution in [3.05, 3.63) is 29.1 Å². The molecule has 0 aromatic heterocycles. The van der Waals surface area contributed by atoms with Crippen LogP contribution in [-0.4, -0.2) is 13.1 Å². The topological polar surface area (TPSA) is 3.24 Å². The van der Waals surface area contributed by atoms with Gasteiger partial charge in [0.05, 0.1) is 0 Å². The summed E-state index contributed by atoms with van der Waals surface area (Å²) in [4.78, 5) is 2.30. The van der Waals surface area contributed by atoms with E-state index in [0.29, 0.717) is 0 Å². The lowest BCUT2D eigenvalue weighted by Crippen LogP contribution is -2.31. The quantitative estimate of drug-likeness (QED) is 0.701. The predicted octanol–water partition coefficient (Wildman–Crippen LogP) is 3.54. The lowest BCUT2D eigenvalue weighted by molar-refractivity contribution is 0.413. The number of aryl methyl sites for hydroxylation is 1. The zero-order valence-corrected chi connectivity index (χ0v) is 10.6. The van der Waals surface area contributed by atoms with Crippen LogP contribution in [0.2, 0.25) is 0 Å². The predicted molar refractivity (Wildman–Crippen MR) is 66.5 cm³/mol. The van der Waals surface area contributed by atoms with Gasteiger partial charge in [-0.3, -0.25) is 0 Å². The molecule has 1 heterocycles. The number of fused-ring (bicyclic) bond motifs is 1. The van der Waals surface area contributed by atoms with E-state index in [-0.39, 0.29) is 11.2 Å². The normalized spacial score (nSPS) is 15.4. The van der Waals surface area contributed by atoms with Gasteiger partial charge in [-0.1, -0.05) is 26.8 Å². The molecule has 0 atom stereocenters. The fourth-order valence-corrected chi connectivity index (χ4v) is 2.34. The van der Waals surface area contributed by atoms with E-state index in [1.807, 2.05) is 13.0 Å². The molecule has 0 radical (unpaired) electrons. The maximum absolute atomic E-state index is 13.6. The summed E-state index contributed by atoms with van der Waals surface area (Å²) in [5.74, 6) is -0.0837. The molecule has 0 spiro atoms. The molecular weight excluding hydrogens is 201 g/mol. The van der Waals surface area contributed by atoms with Gasteiger partial charge in [-0.25, -0.2) is 4.39 Å². The first-order chi connectivity index (χ1) is 7.37. The summed E-state index contributed by atoms with van der Waals surface area (Å²) in [5, 5.41) is 0. The van der Waals surface area contributed by atoms with Gasteiger partial charge in [0.25, 0.3) is 0 Å². The average Bonchev–Trinajstić information content (AvgIpc) is 2.47. The Kier molecular flexibility index (Phi) is 2.69. The molecule has 1 nitrogen and oxygen atoms in total. The molecule has 1 aromatic rings. The molecular formula is C14H20FN. The Balaban J connectivity index is 2.29. The first-order valence-electron chi connectivity index (χ1n) is 5.91. The SMILES string of the molecule is Cc1cc2c(cc1F)N(CC(C)(C)C)CC2. The van der Waals surface area contributed by atoms with E-state index in [9.17, 15) is 4.39 Å². The van der Waals surface area contributed by atoms with Crippen LogP contribution in [0.15, 0.2) is 12.1 Å². The smallest absolute Gasteiger partial charge is 0.128 e. The number of nitrogens with zero attached hydrogens (tertiary/aromatic N) is 1. The standard InChI is InChI=1S/C14H20FN/c1-10-7-11-5-6-16(9-14(2,3)4)13(11)8-12(10)15/h7-8H,5-6,9H2,1-4H3. The van der Waals surface area contributed by atoms with Crippen LogP contribution in [0.25, 0.3) is 0 Å². The Bertz CT molecular complexity index is 404. The van der Waals surface area contributed by atoms with Gasteiger partial charge >= 0.3 is 0 Å². The summed E-state index contributed by atoms with van der Waals surface area (Å²) in [6.07, 6.45) is 1.05. The molecule has 0 unspecified atom stereocenters. The summed E-state index contributed by atoms with van der Waals surface area (Å²) in [6.45, 7) is 10.5. The van der Waals surface area contributed by atoms with Gasteiger partial charge in [0.1, 0.15) is 5.82 Å². The molecule has 0 bridgehead atoms. The number of hydrogen-bond acceptors (Lipinski definition) is 1. The Morgan fingerprint density at radius 3 is 2.62 bits per heavy atom. The largest absolute Gasteiger partial charge is 0.370 e. The van der Waals surface area contributed by atoms with Crippen molar-refractivity contribution >= 4 is 5.69 Å². The number of benzene rings is 1. The molecule has 2 rings (SSSR count). The van der Waals surface area contributed by atoms with Gasteiger partial charge in [0.2, 0.25) is 0 Å². The van der Waals surface area contributed by atoms with E-state index < -0.39 is 0 Å². The van der Waals surface area contributed by atoms with Crippen LogP contribution in [0.4, 0.5) is 10.1 Å². The van der Waals surface area contributed by atoms with Gasteiger partial charge in [-0.2, -0.15) is 0 Å². The number of rotatable bonds is 1. The van der Waals surface area contributed by atoms with Crippen molar-refractivity contribution in [3.63, 3.8) is 0 Å². The van der Waals surface area contributed by atoms with E-state index in [1.165, 1.54) is 5.56 Å². The second-order valence-corrected chi connectivity index (χ2v) is 5.96. The van der Waals surface area contributed by atoms with E-state index in [2.05, 4.69) is 25.7 Å². The summed E-state index contributed by atoms with van der Waals surface area (Å²) >= 11 is 0. The van der Waals surface area contributed by atoms with Gasteiger partial charge in [0, 0.05) is 18.8 Å². The van der Waals surface area contributed by atoms with Crippen LogP contribution in [0.1, 0.15) is 31.9 Å². The van der Waals surface area contributed by atoms with Crippen LogP contribution >= 0.6 is 0 Å². The lowest BCUT2D eigenvalue weighted by atomic mass is 9.96. The fourth-order valence-electron chi connectivity index (χ4n) is 2.34. The number of hydrogen-bond donors (Lipinski definition) is 0. The summed E-state index contributed by atoms with van der Waals surface area (Å²) < 4.78 is 13.6. The average molecular weight is 221 g/mol. The highest BCUT2D eigenvalue weighted by molar-refractivity contribution is 5.59. The van der Waals surface area contributed by atoms with E-state index in [0.717, 1.165) is 30.8 Å². The van der Waals surface area contributed by atoms with Crippen molar-refractivity contribution in [1.82, 2.24) is 0 Å². The van der Waals surface area contributed by atoms with Crippen molar-refractivity contribution < 1.29 is 4.39 Å². The van der Waals surface area contributed by atoms with Gasteiger partial charge < -0.3 is 4.90 Å². The molecule has 0 saturated heterocycles.